The molecule has 1 N–H and O–H groups in total. The highest BCUT2D eigenvalue weighted by molar-refractivity contribution is 14.1. The van der Waals surface area contributed by atoms with Crippen molar-refractivity contribution < 1.29 is 4.79 Å². The Morgan fingerprint density at radius 3 is 2.52 bits per heavy atom. The third-order valence-electron chi connectivity index (χ3n) is 3.54. The number of carbonyl (C=O) groups is 1. The smallest absolute Gasteiger partial charge is 0.231 e. The van der Waals surface area contributed by atoms with Crippen LogP contribution in [0.15, 0.2) is 48.5 Å². The molecule has 0 radical (unpaired) electrons. The minimum atomic E-state index is -0.0878. The monoisotopic (exact) mass is 393 g/mol. The SMILES string of the molecule is CCC[C@@H](C(=O)Nc1ccc(C)c(I)c1)c1ccccc1. The van der Waals surface area contributed by atoms with Gasteiger partial charge in [-0.05, 0) is 59.2 Å². The standard InChI is InChI=1S/C18H20INO/c1-3-7-16(14-8-5-4-6-9-14)18(21)20-15-11-10-13(2)17(19)12-15/h4-6,8-12,16H,3,7H2,1-2H3,(H,20,21)/t16-/m1/s1. The van der Waals surface area contributed by atoms with Crippen molar-refractivity contribution in [3.8, 4) is 0 Å². The van der Waals surface area contributed by atoms with Gasteiger partial charge in [-0.15, -0.1) is 0 Å². The molecule has 0 spiro atoms. The van der Waals surface area contributed by atoms with E-state index in [0.717, 1.165) is 27.7 Å². The Balaban J connectivity index is 2.17. The first-order chi connectivity index (χ1) is 10.1. The number of nitrogens with one attached hydrogen (secondary N) is 1. The molecule has 0 saturated heterocycles. The van der Waals surface area contributed by atoms with Gasteiger partial charge in [0.1, 0.15) is 0 Å². The van der Waals surface area contributed by atoms with Crippen LogP contribution in [0.4, 0.5) is 5.69 Å². The van der Waals surface area contributed by atoms with Crippen molar-refractivity contribution in [3.63, 3.8) is 0 Å². The van der Waals surface area contributed by atoms with E-state index in [1.807, 2.05) is 48.5 Å². The lowest BCUT2D eigenvalue weighted by Gasteiger charge is -2.17. The molecule has 0 aliphatic rings. The Morgan fingerprint density at radius 2 is 1.90 bits per heavy atom. The van der Waals surface area contributed by atoms with Crippen LogP contribution in [0.5, 0.6) is 0 Å². The van der Waals surface area contributed by atoms with Gasteiger partial charge in [0.25, 0.3) is 0 Å². The van der Waals surface area contributed by atoms with Crippen molar-refractivity contribution in [2.45, 2.75) is 32.6 Å². The van der Waals surface area contributed by atoms with Crippen molar-refractivity contribution in [2.24, 2.45) is 0 Å². The van der Waals surface area contributed by atoms with E-state index in [-0.39, 0.29) is 11.8 Å². The molecular weight excluding hydrogens is 373 g/mol. The fourth-order valence-electron chi connectivity index (χ4n) is 2.32. The fraction of sp³-hybridized carbons (Fsp3) is 0.278. The van der Waals surface area contributed by atoms with Crippen LogP contribution in [0.3, 0.4) is 0 Å². The van der Waals surface area contributed by atoms with Crippen LogP contribution >= 0.6 is 22.6 Å². The molecule has 0 aliphatic carbocycles. The fourth-order valence-corrected chi connectivity index (χ4v) is 2.84. The molecule has 2 aromatic carbocycles. The van der Waals surface area contributed by atoms with Crippen molar-refractivity contribution in [1.82, 2.24) is 0 Å². The normalized spacial score (nSPS) is 12.0. The van der Waals surface area contributed by atoms with Crippen molar-refractivity contribution in [1.29, 1.82) is 0 Å². The third kappa shape index (κ3) is 4.30. The molecule has 2 aromatic rings. The summed E-state index contributed by atoms with van der Waals surface area (Å²) in [4.78, 5) is 12.6. The Bertz CT molecular complexity index is 610. The number of benzene rings is 2. The molecule has 3 heteroatoms. The van der Waals surface area contributed by atoms with Crippen LogP contribution in [0.1, 0.15) is 36.8 Å². The summed E-state index contributed by atoms with van der Waals surface area (Å²) in [5, 5.41) is 3.05. The average Bonchev–Trinajstić information content (AvgIpc) is 2.49. The summed E-state index contributed by atoms with van der Waals surface area (Å²) in [7, 11) is 0. The molecule has 0 heterocycles. The van der Waals surface area contributed by atoms with Gasteiger partial charge in [-0.3, -0.25) is 4.79 Å². The van der Waals surface area contributed by atoms with E-state index in [0.29, 0.717) is 0 Å². The number of carbonyl (C=O) groups excluding carboxylic acids is 1. The van der Waals surface area contributed by atoms with Gasteiger partial charge in [0.05, 0.1) is 5.92 Å². The number of hydrogen-bond donors (Lipinski definition) is 1. The van der Waals surface area contributed by atoms with Crippen LogP contribution in [-0.2, 0) is 4.79 Å². The lowest BCUT2D eigenvalue weighted by atomic mass is 9.93. The minimum Gasteiger partial charge on any atom is -0.326 e. The van der Waals surface area contributed by atoms with E-state index in [9.17, 15) is 4.79 Å². The summed E-state index contributed by atoms with van der Waals surface area (Å²) >= 11 is 2.29. The molecule has 1 atom stereocenters. The maximum Gasteiger partial charge on any atom is 0.231 e. The summed E-state index contributed by atoms with van der Waals surface area (Å²) in [5.41, 5.74) is 3.17. The number of anilines is 1. The first-order valence-corrected chi connectivity index (χ1v) is 8.31. The zero-order valence-corrected chi connectivity index (χ0v) is 14.6. The van der Waals surface area contributed by atoms with E-state index < -0.39 is 0 Å². The first-order valence-electron chi connectivity index (χ1n) is 7.23. The van der Waals surface area contributed by atoms with Crippen LogP contribution in [0.25, 0.3) is 0 Å². The van der Waals surface area contributed by atoms with Gasteiger partial charge in [0, 0.05) is 9.26 Å². The molecule has 2 nitrogen and oxygen atoms in total. The Hall–Kier alpha value is -1.36. The second kappa shape index (κ2) is 7.59. The van der Waals surface area contributed by atoms with Crippen molar-refractivity contribution in [3.05, 3.63) is 63.2 Å². The lowest BCUT2D eigenvalue weighted by Crippen LogP contribution is -2.21. The van der Waals surface area contributed by atoms with Gasteiger partial charge in [0.2, 0.25) is 5.91 Å². The first kappa shape index (κ1) is 16.0. The molecule has 0 bridgehead atoms. The Kier molecular flexibility index (Phi) is 5.79. The summed E-state index contributed by atoms with van der Waals surface area (Å²) in [6.45, 7) is 4.18. The molecule has 110 valence electrons. The average molecular weight is 393 g/mol. The van der Waals surface area contributed by atoms with Crippen molar-refractivity contribution in [2.75, 3.05) is 5.32 Å². The molecular formula is C18H20INO. The molecule has 0 unspecified atom stereocenters. The molecule has 0 saturated carbocycles. The highest BCUT2D eigenvalue weighted by Gasteiger charge is 2.19. The summed E-state index contributed by atoms with van der Waals surface area (Å²) in [6, 6.07) is 16.0. The molecule has 2 rings (SSSR count). The molecule has 1 amide bonds. The number of hydrogen-bond acceptors (Lipinski definition) is 1. The van der Waals surface area contributed by atoms with E-state index in [1.165, 1.54) is 5.56 Å². The summed E-state index contributed by atoms with van der Waals surface area (Å²) < 4.78 is 1.16. The number of aryl methyl sites for hydroxylation is 1. The number of rotatable bonds is 5. The van der Waals surface area contributed by atoms with Gasteiger partial charge in [-0.25, -0.2) is 0 Å². The molecule has 0 aliphatic heterocycles. The second-order valence-electron chi connectivity index (χ2n) is 5.21. The van der Waals surface area contributed by atoms with E-state index >= 15 is 0 Å². The maximum atomic E-state index is 12.6. The van der Waals surface area contributed by atoms with Gasteiger partial charge in [0.15, 0.2) is 0 Å². The predicted molar refractivity (Wildman–Crippen MR) is 96.6 cm³/mol. The Labute approximate surface area is 140 Å². The van der Waals surface area contributed by atoms with Crippen LogP contribution < -0.4 is 5.32 Å². The third-order valence-corrected chi connectivity index (χ3v) is 4.70. The number of amides is 1. The van der Waals surface area contributed by atoms with Gasteiger partial charge in [-0.1, -0.05) is 49.7 Å². The summed E-state index contributed by atoms with van der Waals surface area (Å²) in [6.07, 6.45) is 1.84. The van der Waals surface area contributed by atoms with Gasteiger partial charge < -0.3 is 5.32 Å². The number of halogens is 1. The second-order valence-corrected chi connectivity index (χ2v) is 6.37. The Morgan fingerprint density at radius 1 is 1.19 bits per heavy atom. The van der Waals surface area contributed by atoms with E-state index in [4.69, 9.17) is 0 Å². The van der Waals surface area contributed by atoms with Crippen LogP contribution in [-0.4, -0.2) is 5.91 Å². The topological polar surface area (TPSA) is 29.1 Å². The maximum absolute atomic E-state index is 12.6. The zero-order valence-electron chi connectivity index (χ0n) is 12.4. The zero-order chi connectivity index (χ0) is 15.2. The highest BCUT2D eigenvalue weighted by atomic mass is 127. The molecule has 0 fully saturated rings. The van der Waals surface area contributed by atoms with E-state index in [1.54, 1.807) is 0 Å². The van der Waals surface area contributed by atoms with Crippen LogP contribution in [0, 0.1) is 10.5 Å². The highest BCUT2D eigenvalue weighted by Crippen LogP contribution is 2.24. The lowest BCUT2D eigenvalue weighted by molar-refractivity contribution is -0.117. The molecule has 21 heavy (non-hydrogen) atoms. The van der Waals surface area contributed by atoms with E-state index in [2.05, 4.69) is 41.8 Å². The quantitative estimate of drug-likeness (QED) is 0.702. The van der Waals surface area contributed by atoms with Crippen LogP contribution in [0.2, 0.25) is 0 Å². The largest absolute Gasteiger partial charge is 0.326 e. The summed E-state index contributed by atoms with van der Waals surface area (Å²) in [5.74, 6) is -0.0159. The van der Waals surface area contributed by atoms with Gasteiger partial charge >= 0.3 is 0 Å². The minimum absolute atomic E-state index is 0.0719. The molecule has 0 aromatic heterocycles. The van der Waals surface area contributed by atoms with Gasteiger partial charge in [-0.2, -0.15) is 0 Å². The predicted octanol–water partition coefficient (Wildman–Crippen LogP) is 5.12. The van der Waals surface area contributed by atoms with Crippen molar-refractivity contribution >= 4 is 34.2 Å².